The minimum absolute atomic E-state index is 0.0289. The van der Waals surface area contributed by atoms with Crippen molar-refractivity contribution in [3.63, 3.8) is 0 Å². The van der Waals surface area contributed by atoms with Crippen LogP contribution in [0.3, 0.4) is 0 Å². The molecule has 0 heterocycles. The van der Waals surface area contributed by atoms with E-state index in [1.165, 1.54) is 89.9 Å². The maximum absolute atomic E-state index is 10.5. The van der Waals surface area contributed by atoms with Crippen molar-refractivity contribution in [3.8, 4) is 0 Å². The minimum atomic E-state index is -3.82. The molecule has 8 nitrogen and oxygen atoms in total. The third-order valence-electron chi connectivity index (χ3n) is 5.03. The lowest BCUT2D eigenvalue weighted by atomic mass is 10.1. The van der Waals surface area contributed by atoms with Gasteiger partial charge in [0.2, 0.25) is 0 Å². The molecule has 0 saturated carbocycles. The van der Waals surface area contributed by atoms with E-state index < -0.39 is 20.2 Å². The maximum Gasteiger partial charge on any atom is 0.266 e. The maximum atomic E-state index is 10.5. The topological polar surface area (TPSA) is 147 Å². The van der Waals surface area contributed by atoms with Gasteiger partial charge in [-0.05, 0) is 38.6 Å². The van der Waals surface area contributed by atoms with Crippen molar-refractivity contribution in [2.75, 3.05) is 31.1 Å². The standard InChI is InChI=1S/C21H43NO3S.C2H7NO3S/c1-2-3-4-5-6-7-8-9-10-11-12-13-14-15-16-17-18-19-22-20-21-26(23,24)25;3-1-2-7(4,5)6/h10-11,22H,2-9,12-21H2,1H3,(H,23,24,25);1-3H2,(H,4,5,6)/b11-10-;. The zero-order valence-corrected chi connectivity index (χ0v) is 22.4. The molecule has 0 aliphatic heterocycles. The molecule has 0 saturated heterocycles. The molecule has 0 aliphatic carbocycles. The highest BCUT2D eigenvalue weighted by Crippen LogP contribution is 2.10. The molecule has 0 amide bonds. The second-order valence-corrected chi connectivity index (χ2v) is 11.5. The van der Waals surface area contributed by atoms with E-state index >= 15 is 0 Å². The summed E-state index contributed by atoms with van der Waals surface area (Å²) in [7, 11) is -7.62. The summed E-state index contributed by atoms with van der Waals surface area (Å²) in [6, 6.07) is 0. The van der Waals surface area contributed by atoms with Gasteiger partial charge in [0.1, 0.15) is 0 Å². The van der Waals surface area contributed by atoms with E-state index in [9.17, 15) is 16.8 Å². The Kier molecular flexibility index (Phi) is 25.8. The summed E-state index contributed by atoms with van der Waals surface area (Å²) in [6.45, 7) is 3.40. The molecule has 5 N–H and O–H groups in total. The molecule has 10 heteroatoms. The van der Waals surface area contributed by atoms with Crippen LogP contribution >= 0.6 is 0 Å². The smallest absolute Gasteiger partial charge is 0.266 e. The van der Waals surface area contributed by atoms with Crippen LogP contribution in [0.2, 0.25) is 0 Å². The van der Waals surface area contributed by atoms with Gasteiger partial charge in [0.25, 0.3) is 20.2 Å². The summed E-state index contributed by atoms with van der Waals surface area (Å²) in [5.74, 6) is -0.549. The highest BCUT2D eigenvalue weighted by molar-refractivity contribution is 7.86. The van der Waals surface area contributed by atoms with Crippen LogP contribution in [-0.2, 0) is 20.2 Å². The number of nitrogens with one attached hydrogen (secondary N) is 1. The summed E-state index contributed by atoms with van der Waals surface area (Å²) >= 11 is 0. The number of hydrogen-bond donors (Lipinski definition) is 4. The van der Waals surface area contributed by atoms with E-state index in [2.05, 4.69) is 24.4 Å². The van der Waals surface area contributed by atoms with Crippen LogP contribution in [-0.4, -0.2) is 57.1 Å². The van der Waals surface area contributed by atoms with Gasteiger partial charge >= 0.3 is 0 Å². The average Bonchev–Trinajstić information content (AvgIpc) is 2.71. The average molecular weight is 515 g/mol. The fourth-order valence-corrected chi connectivity index (χ4v) is 3.85. The zero-order valence-electron chi connectivity index (χ0n) is 20.7. The second-order valence-electron chi connectivity index (χ2n) is 8.40. The van der Waals surface area contributed by atoms with Crippen molar-refractivity contribution in [2.45, 2.75) is 103 Å². The molecule has 0 aromatic rings. The molecule has 0 fully saturated rings. The minimum Gasteiger partial charge on any atom is -0.329 e. The second kappa shape index (κ2) is 24.6. The van der Waals surface area contributed by atoms with Gasteiger partial charge in [0, 0.05) is 13.1 Å². The van der Waals surface area contributed by atoms with Crippen molar-refractivity contribution in [2.24, 2.45) is 5.73 Å². The highest BCUT2D eigenvalue weighted by Gasteiger charge is 2.02. The molecule has 0 rings (SSSR count). The van der Waals surface area contributed by atoms with Gasteiger partial charge in [-0.15, -0.1) is 0 Å². The summed E-state index contributed by atoms with van der Waals surface area (Å²) in [5, 5.41) is 3.05. The van der Waals surface area contributed by atoms with E-state index in [1.54, 1.807) is 0 Å². The number of allylic oxidation sites excluding steroid dienone is 2. The lowest BCUT2D eigenvalue weighted by molar-refractivity contribution is 0.478. The molecule has 0 spiro atoms. The molecule has 0 aromatic carbocycles. The van der Waals surface area contributed by atoms with Gasteiger partial charge in [-0.25, -0.2) is 0 Å². The predicted molar refractivity (Wildman–Crippen MR) is 139 cm³/mol. The monoisotopic (exact) mass is 514 g/mol. The summed E-state index contributed by atoms with van der Waals surface area (Å²) in [5.41, 5.74) is 4.78. The van der Waals surface area contributed by atoms with Gasteiger partial charge in [-0.1, -0.05) is 83.3 Å². The van der Waals surface area contributed by atoms with Crippen molar-refractivity contribution < 1.29 is 25.9 Å². The van der Waals surface area contributed by atoms with Gasteiger partial charge in [-0.3, -0.25) is 9.11 Å². The molecule has 0 aromatic heterocycles. The van der Waals surface area contributed by atoms with Crippen molar-refractivity contribution in [3.05, 3.63) is 12.2 Å². The largest absolute Gasteiger partial charge is 0.329 e. The van der Waals surface area contributed by atoms with Crippen LogP contribution < -0.4 is 11.1 Å². The Labute approximate surface area is 203 Å². The Morgan fingerprint density at radius 3 is 1.45 bits per heavy atom. The van der Waals surface area contributed by atoms with Crippen LogP contribution in [0, 0.1) is 0 Å². The lowest BCUT2D eigenvalue weighted by Gasteiger charge is -2.03. The first-order chi connectivity index (χ1) is 15.6. The summed E-state index contributed by atoms with van der Waals surface area (Å²) < 4.78 is 57.0. The van der Waals surface area contributed by atoms with E-state index in [4.69, 9.17) is 14.8 Å². The molecular weight excluding hydrogens is 464 g/mol. The van der Waals surface area contributed by atoms with Crippen LogP contribution in [0.15, 0.2) is 12.2 Å². The number of hydrogen-bond acceptors (Lipinski definition) is 6. The lowest BCUT2D eigenvalue weighted by Crippen LogP contribution is -2.23. The van der Waals surface area contributed by atoms with Crippen molar-refractivity contribution in [1.82, 2.24) is 5.32 Å². The third-order valence-corrected chi connectivity index (χ3v) is 6.50. The zero-order chi connectivity index (χ0) is 25.3. The first-order valence-electron chi connectivity index (χ1n) is 12.6. The SMILES string of the molecule is CCCCCCCCC/C=C\CCCCCCCCNCCS(=O)(=O)O.NCCS(=O)(=O)O. The fourth-order valence-electron chi connectivity index (χ4n) is 3.15. The van der Waals surface area contributed by atoms with Gasteiger partial charge in [0.05, 0.1) is 11.5 Å². The van der Waals surface area contributed by atoms with Crippen LogP contribution in [0.5, 0.6) is 0 Å². The van der Waals surface area contributed by atoms with Crippen molar-refractivity contribution in [1.29, 1.82) is 0 Å². The Morgan fingerprint density at radius 1 is 0.636 bits per heavy atom. The number of nitrogens with two attached hydrogens (primary N) is 1. The third kappa shape index (κ3) is 39.0. The molecular formula is C23H50N2O6S2. The summed E-state index contributed by atoms with van der Waals surface area (Å²) in [6.07, 6.45) is 24.3. The van der Waals surface area contributed by atoms with E-state index in [1.807, 2.05) is 0 Å². The number of rotatable bonds is 22. The summed E-state index contributed by atoms with van der Waals surface area (Å²) in [4.78, 5) is 0. The normalized spacial score (nSPS) is 12.1. The first-order valence-corrected chi connectivity index (χ1v) is 15.8. The van der Waals surface area contributed by atoms with E-state index in [0.717, 1.165) is 13.0 Å². The Hall–Kier alpha value is -0.520. The molecule has 0 bridgehead atoms. The predicted octanol–water partition coefficient (Wildman–Crippen LogP) is 4.72. The molecule has 0 unspecified atom stereocenters. The van der Waals surface area contributed by atoms with Gasteiger partial charge in [-0.2, -0.15) is 16.8 Å². The Balaban J connectivity index is 0. The van der Waals surface area contributed by atoms with Crippen molar-refractivity contribution >= 4 is 20.2 Å². The molecule has 33 heavy (non-hydrogen) atoms. The Bertz CT molecular complexity index is 637. The van der Waals surface area contributed by atoms with Gasteiger partial charge < -0.3 is 11.1 Å². The Morgan fingerprint density at radius 2 is 1.06 bits per heavy atom. The highest BCUT2D eigenvalue weighted by atomic mass is 32.2. The molecule has 200 valence electrons. The van der Waals surface area contributed by atoms with E-state index in [-0.39, 0.29) is 18.1 Å². The first kappa shape index (κ1) is 34.6. The fraction of sp³-hybridized carbons (Fsp3) is 0.913. The quantitative estimate of drug-likeness (QED) is 0.0921. The molecule has 0 aliphatic rings. The van der Waals surface area contributed by atoms with Crippen LogP contribution in [0.4, 0.5) is 0 Å². The van der Waals surface area contributed by atoms with E-state index in [0.29, 0.717) is 6.54 Å². The number of unbranched alkanes of at least 4 members (excludes halogenated alkanes) is 13. The molecule has 0 atom stereocenters. The van der Waals surface area contributed by atoms with Crippen LogP contribution in [0.1, 0.15) is 103 Å². The molecule has 0 radical (unpaired) electrons. The van der Waals surface area contributed by atoms with Crippen LogP contribution in [0.25, 0.3) is 0 Å². The van der Waals surface area contributed by atoms with Gasteiger partial charge in [0.15, 0.2) is 0 Å².